The summed E-state index contributed by atoms with van der Waals surface area (Å²) in [5.74, 6) is 0.474. The molecule has 2 aliphatic rings. The summed E-state index contributed by atoms with van der Waals surface area (Å²) in [6, 6.07) is 0. The first kappa shape index (κ1) is 13.7. The van der Waals surface area contributed by atoms with Crippen LogP contribution in [0.5, 0.6) is 0 Å². The zero-order chi connectivity index (χ0) is 13.2. The molecule has 0 bridgehead atoms. The topological polar surface area (TPSA) is 66.6 Å². The number of thiocarbonyl (C=S) groups is 1. The second-order valence-corrected chi connectivity index (χ2v) is 6.01. The number of aliphatic hydroxyl groups is 1. The molecule has 102 valence electrons. The van der Waals surface area contributed by atoms with Gasteiger partial charge in [-0.05, 0) is 31.6 Å². The molecule has 2 fully saturated rings. The van der Waals surface area contributed by atoms with Crippen molar-refractivity contribution in [2.45, 2.75) is 38.5 Å². The number of piperidine rings is 1. The van der Waals surface area contributed by atoms with Gasteiger partial charge < -0.3 is 15.7 Å². The molecule has 18 heavy (non-hydrogen) atoms. The van der Waals surface area contributed by atoms with Crippen LogP contribution in [0.1, 0.15) is 38.5 Å². The van der Waals surface area contributed by atoms with Gasteiger partial charge in [0.2, 0.25) is 5.91 Å². The van der Waals surface area contributed by atoms with E-state index in [4.69, 9.17) is 23.1 Å². The zero-order valence-corrected chi connectivity index (χ0v) is 11.5. The Morgan fingerprint density at radius 1 is 1.33 bits per heavy atom. The molecule has 1 amide bonds. The molecule has 1 aliphatic carbocycles. The summed E-state index contributed by atoms with van der Waals surface area (Å²) in [5.41, 5.74) is 5.27. The van der Waals surface area contributed by atoms with Crippen LogP contribution in [0, 0.1) is 11.3 Å². The third-order valence-corrected chi connectivity index (χ3v) is 4.89. The molecule has 2 rings (SSSR count). The van der Waals surface area contributed by atoms with Gasteiger partial charge in [-0.15, -0.1) is 0 Å². The van der Waals surface area contributed by atoms with E-state index in [2.05, 4.69) is 0 Å². The Hall–Kier alpha value is -0.680. The Balaban J connectivity index is 2.04. The van der Waals surface area contributed by atoms with Crippen LogP contribution in [-0.4, -0.2) is 40.6 Å². The fourth-order valence-electron chi connectivity index (χ4n) is 3.17. The van der Waals surface area contributed by atoms with Gasteiger partial charge in [0.05, 0.1) is 10.4 Å². The number of nitrogens with zero attached hydrogens (tertiary/aromatic N) is 1. The number of hydrogen-bond donors (Lipinski definition) is 2. The van der Waals surface area contributed by atoms with Crippen molar-refractivity contribution in [3.05, 3.63) is 0 Å². The average Bonchev–Trinajstić information content (AvgIpc) is 2.88. The maximum absolute atomic E-state index is 12.7. The maximum atomic E-state index is 12.7. The number of nitrogens with two attached hydrogens (primary N) is 1. The molecule has 1 saturated heterocycles. The van der Waals surface area contributed by atoms with Crippen molar-refractivity contribution in [3.63, 3.8) is 0 Å². The van der Waals surface area contributed by atoms with E-state index in [0.717, 1.165) is 51.6 Å². The molecule has 0 unspecified atom stereocenters. The summed E-state index contributed by atoms with van der Waals surface area (Å²) < 4.78 is 0. The molecule has 5 heteroatoms. The van der Waals surface area contributed by atoms with Crippen molar-refractivity contribution in [1.29, 1.82) is 0 Å². The highest BCUT2D eigenvalue weighted by molar-refractivity contribution is 7.80. The average molecular weight is 270 g/mol. The Morgan fingerprint density at radius 2 is 1.89 bits per heavy atom. The van der Waals surface area contributed by atoms with Crippen molar-refractivity contribution in [1.82, 2.24) is 4.90 Å². The second kappa shape index (κ2) is 5.53. The molecule has 1 saturated carbocycles. The molecular formula is C13H22N2O2S. The fourth-order valence-corrected chi connectivity index (χ4v) is 3.46. The number of carbonyl (C=O) groups is 1. The van der Waals surface area contributed by atoms with Gasteiger partial charge in [0.25, 0.3) is 0 Å². The lowest BCUT2D eigenvalue weighted by molar-refractivity contribution is -0.139. The zero-order valence-electron chi connectivity index (χ0n) is 10.7. The Bertz CT molecular complexity index is 332. The van der Waals surface area contributed by atoms with E-state index in [1.54, 1.807) is 0 Å². The van der Waals surface area contributed by atoms with Gasteiger partial charge in [0.1, 0.15) is 0 Å². The quantitative estimate of drug-likeness (QED) is 0.753. The van der Waals surface area contributed by atoms with Crippen LogP contribution >= 0.6 is 12.2 Å². The van der Waals surface area contributed by atoms with Crippen LogP contribution in [0.4, 0.5) is 0 Å². The molecule has 0 aromatic heterocycles. The lowest BCUT2D eigenvalue weighted by atomic mass is 9.83. The fraction of sp³-hybridized carbons (Fsp3) is 0.846. The largest absolute Gasteiger partial charge is 0.396 e. The van der Waals surface area contributed by atoms with Crippen LogP contribution < -0.4 is 5.73 Å². The highest BCUT2D eigenvalue weighted by atomic mass is 32.1. The Kier molecular flexibility index (Phi) is 4.22. The standard InChI is InChI=1S/C13H22N2O2S/c14-11(18)13(5-1-2-6-13)12(17)15-7-3-10(9-16)4-8-15/h10,16H,1-9H2,(H2,14,18). The minimum Gasteiger partial charge on any atom is -0.396 e. The molecule has 0 aromatic rings. The minimum absolute atomic E-state index is 0.129. The van der Waals surface area contributed by atoms with Gasteiger partial charge in [0.15, 0.2) is 0 Å². The molecule has 0 aromatic carbocycles. The summed E-state index contributed by atoms with van der Waals surface area (Å²) >= 11 is 5.15. The van der Waals surface area contributed by atoms with Gasteiger partial charge in [0, 0.05) is 19.7 Å². The maximum Gasteiger partial charge on any atom is 0.235 e. The highest BCUT2D eigenvalue weighted by Crippen LogP contribution is 2.40. The van der Waals surface area contributed by atoms with Crippen LogP contribution in [0.2, 0.25) is 0 Å². The van der Waals surface area contributed by atoms with E-state index >= 15 is 0 Å². The van der Waals surface area contributed by atoms with Crippen molar-refractivity contribution >= 4 is 23.1 Å². The highest BCUT2D eigenvalue weighted by Gasteiger charge is 2.46. The van der Waals surface area contributed by atoms with Crippen LogP contribution in [0.25, 0.3) is 0 Å². The van der Waals surface area contributed by atoms with Crippen molar-refractivity contribution in [2.24, 2.45) is 17.1 Å². The molecule has 0 radical (unpaired) electrons. The Labute approximate surface area is 114 Å². The first-order valence-electron chi connectivity index (χ1n) is 6.80. The van der Waals surface area contributed by atoms with Crippen LogP contribution in [-0.2, 0) is 4.79 Å². The molecule has 1 heterocycles. The van der Waals surface area contributed by atoms with Crippen molar-refractivity contribution in [3.8, 4) is 0 Å². The molecule has 0 spiro atoms. The van der Waals surface area contributed by atoms with Crippen molar-refractivity contribution < 1.29 is 9.90 Å². The number of amides is 1. The second-order valence-electron chi connectivity index (χ2n) is 5.57. The smallest absolute Gasteiger partial charge is 0.235 e. The lowest BCUT2D eigenvalue weighted by Crippen LogP contribution is -2.51. The molecule has 3 N–H and O–H groups in total. The van der Waals surface area contributed by atoms with Gasteiger partial charge in [-0.3, -0.25) is 4.79 Å². The summed E-state index contributed by atoms with van der Waals surface area (Å²) in [4.78, 5) is 14.9. The van der Waals surface area contributed by atoms with Crippen LogP contribution in [0.15, 0.2) is 0 Å². The third-order valence-electron chi connectivity index (χ3n) is 4.50. The summed E-state index contributed by atoms with van der Waals surface area (Å²) in [7, 11) is 0. The monoisotopic (exact) mass is 270 g/mol. The van der Waals surface area contributed by atoms with E-state index in [0.29, 0.717) is 10.9 Å². The van der Waals surface area contributed by atoms with E-state index in [-0.39, 0.29) is 12.5 Å². The summed E-state index contributed by atoms with van der Waals surface area (Å²) in [5, 5.41) is 9.12. The number of aliphatic hydroxyl groups excluding tert-OH is 1. The number of likely N-dealkylation sites (tertiary alicyclic amines) is 1. The van der Waals surface area contributed by atoms with Gasteiger partial charge >= 0.3 is 0 Å². The van der Waals surface area contributed by atoms with Gasteiger partial charge in [-0.25, -0.2) is 0 Å². The molecule has 4 nitrogen and oxygen atoms in total. The van der Waals surface area contributed by atoms with E-state index in [1.165, 1.54) is 0 Å². The first-order valence-corrected chi connectivity index (χ1v) is 7.21. The van der Waals surface area contributed by atoms with E-state index < -0.39 is 5.41 Å². The molecule has 0 atom stereocenters. The van der Waals surface area contributed by atoms with E-state index in [1.807, 2.05) is 4.90 Å². The predicted molar refractivity (Wildman–Crippen MR) is 74.1 cm³/mol. The molecule has 1 aliphatic heterocycles. The number of carbonyl (C=O) groups excluding carboxylic acids is 1. The lowest BCUT2D eigenvalue weighted by Gasteiger charge is -2.37. The minimum atomic E-state index is -0.568. The van der Waals surface area contributed by atoms with Crippen molar-refractivity contribution in [2.75, 3.05) is 19.7 Å². The third kappa shape index (κ3) is 2.38. The van der Waals surface area contributed by atoms with E-state index in [9.17, 15) is 4.79 Å². The van der Waals surface area contributed by atoms with Crippen LogP contribution in [0.3, 0.4) is 0 Å². The Morgan fingerprint density at radius 3 is 2.33 bits per heavy atom. The number of rotatable bonds is 3. The first-order chi connectivity index (χ1) is 8.60. The normalized spacial score (nSPS) is 24.2. The van der Waals surface area contributed by atoms with Gasteiger partial charge in [-0.2, -0.15) is 0 Å². The predicted octanol–water partition coefficient (Wildman–Crippen LogP) is 1.06. The molecular weight excluding hydrogens is 248 g/mol. The summed E-state index contributed by atoms with van der Waals surface area (Å²) in [6.07, 6.45) is 5.46. The van der Waals surface area contributed by atoms with Gasteiger partial charge in [-0.1, -0.05) is 25.1 Å². The summed E-state index contributed by atoms with van der Waals surface area (Å²) in [6.45, 7) is 1.69. The SMILES string of the molecule is NC(=S)C1(C(=O)N2CCC(CO)CC2)CCCC1. The number of hydrogen-bond acceptors (Lipinski definition) is 3.